The van der Waals surface area contributed by atoms with Crippen molar-refractivity contribution in [3.05, 3.63) is 30.9 Å². The molecule has 0 aliphatic rings. The van der Waals surface area contributed by atoms with E-state index in [1.165, 1.54) is 4.68 Å². The van der Waals surface area contributed by atoms with Crippen molar-refractivity contribution in [2.45, 2.75) is 19.9 Å². The van der Waals surface area contributed by atoms with Crippen LogP contribution < -0.4 is 10.5 Å². The fourth-order valence-corrected chi connectivity index (χ4v) is 1.66. The van der Waals surface area contributed by atoms with E-state index in [1.807, 2.05) is 13.8 Å². The minimum atomic E-state index is 0.0572. The zero-order valence-corrected chi connectivity index (χ0v) is 11.6. The summed E-state index contributed by atoms with van der Waals surface area (Å²) in [6.45, 7) is 4.04. The molecule has 0 atom stereocenters. The molecule has 9 heteroatoms. The molecule has 0 bridgehead atoms. The summed E-state index contributed by atoms with van der Waals surface area (Å²) in [7, 11) is 0. The van der Waals surface area contributed by atoms with Gasteiger partial charge in [-0.1, -0.05) is 0 Å². The lowest BCUT2D eigenvalue weighted by Crippen LogP contribution is -2.07. The minimum absolute atomic E-state index is 0.0572. The number of hydrogen-bond acceptors (Lipinski definition) is 7. The van der Waals surface area contributed by atoms with Gasteiger partial charge in [0.25, 0.3) is 5.95 Å². The standard InChI is InChI=1S/C12H14N8O/c1-8(2)20-7-9(6-15-20)21-12-17-10(13)16-11(18-12)19-5-3-4-14-19/h3-8H,1-2H3,(H2,13,16,17,18). The summed E-state index contributed by atoms with van der Waals surface area (Å²) >= 11 is 0. The molecule has 108 valence electrons. The maximum Gasteiger partial charge on any atom is 0.328 e. The first-order chi connectivity index (χ1) is 10.1. The third-order valence-corrected chi connectivity index (χ3v) is 2.65. The van der Waals surface area contributed by atoms with Gasteiger partial charge in [0, 0.05) is 18.4 Å². The lowest BCUT2D eigenvalue weighted by molar-refractivity contribution is 0.436. The molecule has 3 rings (SSSR count). The van der Waals surface area contributed by atoms with Gasteiger partial charge in [-0.2, -0.15) is 25.1 Å². The number of anilines is 1. The van der Waals surface area contributed by atoms with Crippen LogP contribution in [0.3, 0.4) is 0 Å². The van der Waals surface area contributed by atoms with Gasteiger partial charge in [-0.05, 0) is 19.9 Å². The van der Waals surface area contributed by atoms with Crippen LogP contribution in [0, 0.1) is 0 Å². The van der Waals surface area contributed by atoms with Crippen LogP contribution in [0.1, 0.15) is 19.9 Å². The normalized spacial score (nSPS) is 11.0. The molecule has 3 aromatic heterocycles. The van der Waals surface area contributed by atoms with Gasteiger partial charge >= 0.3 is 6.01 Å². The first kappa shape index (κ1) is 13.0. The molecule has 0 aliphatic heterocycles. The van der Waals surface area contributed by atoms with Gasteiger partial charge in [0.2, 0.25) is 5.95 Å². The highest BCUT2D eigenvalue weighted by Crippen LogP contribution is 2.19. The number of nitrogens with zero attached hydrogens (tertiary/aromatic N) is 7. The van der Waals surface area contributed by atoms with E-state index in [-0.39, 0.29) is 18.0 Å². The molecule has 2 N–H and O–H groups in total. The zero-order valence-electron chi connectivity index (χ0n) is 11.6. The first-order valence-corrected chi connectivity index (χ1v) is 6.35. The predicted octanol–water partition coefficient (Wildman–Crippen LogP) is 1.21. The van der Waals surface area contributed by atoms with Crippen LogP contribution >= 0.6 is 0 Å². The minimum Gasteiger partial charge on any atom is -0.421 e. The number of rotatable bonds is 4. The Morgan fingerprint density at radius 3 is 2.71 bits per heavy atom. The van der Waals surface area contributed by atoms with Gasteiger partial charge in [-0.15, -0.1) is 0 Å². The molecule has 0 unspecified atom stereocenters. The molecule has 0 radical (unpaired) electrons. The van der Waals surface area contributed by atoms with Crippen molar-refractivity contribution in [2.24, 2.45) is 0 Å². The van der Waals surface area contributed by atoms with E-state index in [9.17, 15) is 0 Å². The van der Waals surface area contributed by atoms with Crippen LogP contribution in [-0.4, -0.2) is 34.5 Å². The second-order valence-corrected chi connectivity index (χ2v) is 4.58. The summed E-state index contributed by atoms with van der Waals surface area (Å²) < 4.78 is 8.81. The summed E-state index contributed by atoms with van der Waals surface area (Å²) in [6, 6.07) is 2.09. The van der Waals surface area contributed by atoms with Crippen molar-refractivity contribution in [3.8, 4) is 17.7 Å². The van der Waals surface area contributed by atoms with Crippen LogP contribution in [0.5, 0.6) is 11.8 Å². The van der Waals surface area contributed by atoms with E-state index >= 15 is 0 Å². The second-order valence-electron chi connectivity index (χ2n) is 4.58. The summed E-state index contributed by atoms with van der Waals surface area (Å²) in [4.78, 5) is 12.1. The molecule has 3 heterocycles. The quantitative estimate of drug-likeness (QED) is 0.767. The van der Waals surface area contributed by atoms with Crippen molar-refractivity contribution in [1.29, 1.82) is 0 Å². The first-order valence-electron chi connectivity index (χ1n) is 6.35. The highest BCUT2D eigenvalue weighted by molar-refractivity contribution is 5.27. The zero-order chi connectivity index (χ0) is 14.8. The van der Waals surface area contributed by atoms with Crippen LogP contribution in [0.15, 0.2) is 30.9 Å². The molecule has 0 aromatic carbocycles. The fourth-order valence-electron chi connectivity index (χ4n) is 1.66. The molecule has 0 spiro atoms. The maximum absolute atomic E-state index is 5.67. The molecule has 0 aliphatic carbocycles. The van der Waals surface area contributed by atoms with Gasteiger partial charge in [0.1, 0.15) is 0 Å². The Morgan fingerprint density at radius 2 is 2.05 bits per heavy atom. The Hall–Kier alpha value is -2.97. The average molecular weight is 286 g/mol. The van der Waals surface area contributed by atoms with Crippen molar-refractivity contribution >= 4 is 5.95 Å². The molecule has 0 amide bonds. The smallest absolute Gasteiger partial charge is 0.328 e. The molecular formula is C12H14N8O. The number of nitrogen functional groups attached to an aromatic ring is 1. The lowest BCUT2D eigenvalue weighted by atomic mass is 10.4. The largest absolute Gasteiger partial charge is 0.421 e. The number of aromatic nitrogens is 7. The van der Waals surface area contributed by atoms with Crippen molar-refractivity contribution in [1.82, 2.24) is 34.5 Å². The Kier molecular flexibility index (Phi) is 3.22. The topological polar surface area (TPSA) is 110 Å². The Labute approximate surface area is 120 Å². The Bertz CT molecular complexity index is 734. The third kappa shape index (κ3) is 2.81. The summed E-state index contributed by atoms with van der Waals surface area (Å²) in [6.07, 6.45) is 6.67. The highest BCUT2D eigenvalue weighted by Gasteiger charge is 2.10. The molecular weight excluding hydrogens is 272 g/mol. The molecule has 21 heavy (non-hydrogen) atoms. The van der Waals surface area contributed by atoms with Gasteiger partial charge in [0.15, 0.2) is 5.75 Å². The third-order valence-electron chi connectivity index (χ3n) is 2.65. The predicted molar refractivity (Wildman–Crippen MR) is 74.0 cm³/mol. The number of nitrogens with two attached hydrogens (primary N) is 1. The summed E-state index contributed by atoms with van der Waals surface area (Å²) in [5, 5.41) is 8.22. The molecule has 0 saturated heterocycles. The Morgan fingerprint density at radius 1 is 1.19 bits per heavy atom. The van der Waals surface area contributed by atoms with Crippen LogP contribution in [-0.2, 0) is 0 Å². The van der Waals surface area contributed by atoms with E-state index in [0.717, 1.165) is 0 Å². The number of ether oxygens (including phenoxy) is 1. The molecule has 9 nitrogen and oxygen atoms in total. The molecule has 0 saturated carbocycles. The van der Waals surface area contributed by atoms with Gasteiger partial charge in [-0.3, -0.25) is 4.68 Å². The maximum atomic E-state index is 5.67. The van der Waals surface area contributed by atoms with E-state index in [4.69, 9.17) is 10.5 Å². The summed E-state index contributed by atoms with van der Waals surface area (Å²) in [5.74, 6) is 0.876. The van der Waals surface area contributed by atoms with Crippen LogP contribution in [0.2, 0.25) is 0 Å². The summed E-state index contributed by atoms with van der Waals surface area (Å²) in [5.41, 5.74) is 5.67. The molecule has 0 fully saturated rings. The fraction of sp³-hybridized carbons (Fsp3) is 0.250. The highest BCUT2D eigenvalue weighted by atomic mass is 16.5. The van der Waals surface area contributed by atoms with Crippen LogP contribution in [0.25, 0.3) is 5.95 Å². The van der Waals surface area contributed by atoms with E-state index in [0.29, 0.717) is 11.7 Å². The van der Waals surface area contributed by atoms with Crippen molar-refractivity contribution in [2.75, 3.05) is 5.73 Å². The van der Waals surface area contributed by atoms with Crippen molar-refractivity contribution in [3.63, 3.8) is 0 Å². The van der Waals surface area contributed by atoms with Gasteiger partial charge in [0.05, 0.1) is 12.4 Å². The lowest BCUT2D eigenvalue weighted by Gasteiger charge is -2.05. The SMILES string of the molecule is CC(C)n1cc(Oc2nc(N)nc(-n3cccn3)n2)cn1. The molecule has 3 aromatic rings. The van der Waals surface area contributed by atoms with Gasteiger partial charge in [-0.25, -0.2) is 4.68 Å². The monoisotopic (exact) mass is 286 g/mol. The number of hydrogen-bond donors (Lipinski definition) is 1. The average Bonchev–Trinajstić information content (AvgIpc) is 3.08. The second kappa shape index (κ2) is 5.19. The van der Waals surface area contributed by atoms with Gasteiger partial charge < -0.3 is 10.5 Å². The van der Waals surface area contributed by atoms with Crippen molar-refractivity contribution < 1.29 is 4.74 Å². The van der Waals surface area contributed by atoms with E-state index in [2.05, 4.69) is 25.1 Å². The Balaban J connectivity index is 1.88. The van der Waals surface area contributed by atoms with E-state index < -0.39 is 0 Å². The van der Waals surface area contributed by atoms with Crippen LogP contribution in [0.4, 0.5) is 5.95 Å². The van der Waals surface area contributed by atoms with E-state index in [1.54, 1.807) is 35.5 Å².